The van der Waals surface area contributed by atoms with E-state index < -0.39 is 0 Å². The normalized spacial score (nSPS) is 12.8. The van der Waals surface area contributed by atoms with Crippen LogP contribution in [-0.2, 0) is 5.41 Å². The summed E-state index contributed by atoms with van der Waals surface area (Å²) >= 11 is 0. The number of nitrogens with zero attached hydrogens (tertiary/aromatic N) is 2. The second-order valence-electron chi connectivity index (χ2n) is 19.5. The smallest absolute Gasteiger partial charge is 0.0725 e. The molecule has 73 heavy (non-hydrogen) atoms. The maximum Gasteiger partial charge on any atom is 0.0725 e. The minimum Gasteiger partial charge on any atom is -0.310 e. The molecule has 2 heteroatoms. The standard InChI is InChI=1S/C71H46N2/c1-2-19-54-49(17-1)18-15-34-66(54)72(52-43-39-48(40-44-52)47-35-37-50(38-36-47)55-20-6-12-31-67(55)73-68-32-13-7-23-59(68)60-24-8-14-33-69(60)73)53-45-41-51(42-46-53)56-26-16-30-65-70(56)61-25-5-11-29-64(61)71(65)62-27-9-3-21-57(62)58-22-4-10-28-63(58)71/h1-46H. The summed E-state index contributed by atoms with van der Waals surface area (Å²) in [6.07, 6.45) is 0. The highest BCUT2D eigenvalue weighted by atomic mass is 15.1. The molecule has 1 aromatic heterocycles. The van der Waals surface area contributed by atoms with E-state index in [1.807, 2.05) is 0 Å². The van der Waals surface area contributed by atoms with Crippen LogP contribution in [0.2, 0.25) is 0 Å². The fourth-order valence-corrected chi connectivity index (χ4v) is 12.7. The number of anilines is 3. The number of benzene rings is 12. The summed E-state index contributed by atoms with van der Waals surface area (Å²) in [6, 6.07) is 103. The van der Waals surface area contributed by atoms with Crippen LogP contribution >= 0.6 is 0 Å². The van der Waals surface area contributed by atoms with Gasteiger partial charge in [-0.3, -0.25) is 0 Å². The van der Waals surface area contributed by atoms with Gasteiger partial charge in [-0.25, -0.2) is 0 Å². The number of aromatic nitrogens is 1. The highest BCUT2D eigenvalue weighted by Gasteiger charge is 2.52. The van der Waals surface area contributed by atoms with Gasteiger partial charge in [-0.1, -0.05) is 231 Å². The Labute approximate surface area is 425 Å². The fraction of sp³-hybridized carbons (Fsp3) is 0.0141. The molecule has 1 heterocycles. The summed E-state index contributed by atoms with van der Waals surface area (Å²) in [5.74, 6) is 0. The Bertz CT molecular complexity index is 4200. The number of rotatable bonds is 7. The van der Waals surface area contributed by atoms with E-state index in [1.165, 1.54) is 116 Å². The molecule has 0 aliphatic heterocycles. The highest BCUT2D eigenvalue weighted by molar-refractivity contribution is 6.10. The van der Waals surface area contributed by atoms with Gasteiger partial charge >= 0.3 is 0 Å². The van der Waals surface area contributed by atoms with E-state index in [0.717, 1.165) is 17.1 Å². The van der Waals surface area contributed by atoms with E-state index in [4.69, 9.17) is 0 Å². The zero-order chi connectivity index (χ0) is 48.0. The van der Waals surface area contributed by atoms with Crippen LogP contribution in [0.15, 0.2) is 279 Å². The van der Waals surface area contributed by atoms with Gasteiger partial charge in [-0.2, -0.15) is 0 Å². The van der Waals surface area contributed by atoms with Gasteiger partial charge in [0.05, 0.1) is 27.8 Å². The lowest BCUT2D eigenvalue weighted by atomic mass is 9.70. The van der Waals surface area contributed by atoms with E-state index in [-0.39, 0.29) is 5.41 Å². The lowest BCUT2D eigenvalue weighted by molar-refractivity contribution is 0.794. The summed E-state index contributed by atoms with van der Waals surface area (Å²) in [5.41, 5.74) is 24.4. The minimum absolute atomic E-state index is 0.381. The van der Waals surface area contributed by atoms with Crippen molar-refractivity contribution < 1.29 is 0 Å². The van der Waals surface area contributed by atoms with Gasteiger partial charge in [0, 0.05) is 33.1 Å². The average molecular weight is 927 g/mol. The molecule has 2 aliphatic carbocycles. The SMILES string of the molecule is c1ccc(-n2c3ccccc3c3ccccc32)c(-c2ccc(-c3ccc(N(c4ccc(-c5cccc6c5-c5ccccc5C65c6ccccc6-c6ccccc65)cc4)c4cccc5ccccc45)cc3)cc2)c1. The molecule has 0 N–H and O–H groups in total. The number of para-hydroxylation sites is 3. The molecule has 13 aromatic rings. The molecule has 0 amide bonds. The largest absolute Gasteiger partial charge is 0.310 e. The molecule has 0 unspecified atom stereocenters. The molecule has 15 rings (SSSR count). The van der Waals surface area contributed by atoms with Crippen LogP contribution in [0, 0.1) is 0 Å². The summed E-state index contributed by atoms with van der Waals surface area (Å²) in [6.45, 7) is 0. The molecule has 0 bridgehead atoms. The van der Waals surface area contributed by atoms with Crippen molar-refractivity contribution in [1.82, 2.24) is 4.57 Å². The molecule has 0 atom stereocenters. The predicted octanol–water partition coefficient (Wildman–Crippen LogP) is 18.8. The lowest BCUT2D eigenvalue weighted by Gasteiger charge is -2.30. The van der Waals surface area contributed by atoms with Gasteiger partial charge in [-0.05, 0) is 126 Å². The summed E-state index contributed by atoms with van der Waals surface area (Å²) in [5, 5.41) is 4.94. The zero-order valence-corrected chi connectivity index (χ0v) is 40.0. The first kappa shape index (κ1) is 41.3. The van der Waals surface area contributed by atoms with Crippen LogP contribution in [0.1, 0.15) is 22.3 Å². The predicted molar refractivity (Wildman–Crippen MR) is 306 cm³/mol. The molecule has 0 saturated heterocycles. The van der Waals surface area contributed by atoms with Crippen molar-refractivity contribution in [2.75, 3.05) is 4.90 Å². The molecule has 340 valence electrons. The van der Waals surface area contributed by atoms with Crippen LogP contribution < -0.4 is 4.90 Å². The fourth-order valence-electron chi connectivity index (χ4n) is 12.7. The topological polar surface area (TPSA) is 8.17 Å². The van der Waals surface area contributed by atoms with Crippen molar-refractivity contribution in [3.63, 3.8) is 0 Å². The maximum absolute atomic E-state index is 2.41. The summed E-state index contributed by atoms with van der Waals surface area (Å²) in [7, 11) is 0. The Hall–Kier alpha value is -9.50. The molecular formula is C71H46N2. The second-order valence-corrected chi connectivity index (χ2v) is 19.5. The Morgan fingerprint density at radius 3 is 1.33 bits per heavy atom. The monoisotopic (exact) mass is 926 g/mol. The van der Waals surface area contributed by atoms with Crippen LogP contribution in [-0.4, -0.2) is 4.57 Å². The minimum atomic E-state index is -0.381. The summed E-state index contributed by atoms with van der Waals surface area (Å²) in [4.78, 5) is 2.41. The van der Waals surface area contributed by atoms with Gasteiger partial charge in [0.25, 0.3) is 0 Å². The van der Waals surface area contributed by atoms with Gasteiger partial charge in [0.15, 0.2) is 0 Å². The van der Waals surface area contributed by atoms with Crippen LogP contribution in [0.4, 0.5) is 17.1 Å². The van der Waals surface area contributed by atoms with Crippen molar-refractivity contribution in [2.24, 2.45) is 0 Å². The molecule has 2 nitrogen and oxygen atoms in total. The van der Waals surface area contributed by atoms with Crippen molar-refractivity contribution in [2.45, 2.75) is 5.41 Å². The van der Waals surface area contributed by atoms with Gasteiger partial charge in [0.2, 0.25) is 0 Å². The average Bonchev–Trinajstić information content (AvgIpc) is 4.16. The van der Waals surface area contributed by atoms with Crippen LogP contribution in [0.25, 0.3) is 93.9 Å². The van der Waals surface area contributed by atoms with Crippen LogP contribution in [0.3, 0.4) is 0 Å². The first-order valence-corrected chi connectivity index (χ1v) is 25.3. The van der Waals surface area contributed by atoms with Crippen molar-refractivity contribution in [3.05, 3.63) is 301 Å². The molecule has 0 fully saturated rings. The van der Waals surface area contributed by atoms with E-state index in [2.05, 4.69) is 289 Å². The Morgan fingerprint density at radius 1 is 0.274 bits per heavy atom. The van der Waals surface area contributed by atoms with Gasteiger partial charge in [-0.15, -0.1) is 0 Å². The number of hydrogen-bond acceptors (Lipinski definition) is 1. The Morgan fingerprint density at radius 2 is 0.685 bits per heavy atom. The van der Waals surface area contributed by atoms with E-state index >= 15 is 0 Å². The third-order valence-corrected chi connectivity index (χ3v) is 15.8. The van der Waals surface area contributed by atoms with Gasteiger partial charge in [0.1, 0.15) is 0 Å². The van der Waals surface area contributed by atoms with Gasteiger partial charge < -0.3 is 9.47 Å². The Balaban J connectivity index is 0.800. The molecular weight excluding hydrogens is 881 g/mol. The molecule has 1 spiro atoms. The Kier molecular flexibility index (Phi) is 9.21. The first-order chi connectivity index (χ1) is 36.2. The third kappa shape index (κ3) is 6.11. The van der Waals surface area contributed by atoms with Crippen LogP contribution in [0.5, 0.6) is 0 Å². The highest BCUT2D eigenvalue weighted by Crippen LogP contribution is 2.64. The lowest BCUT2D eigenvalue weighted by Crippen LogP contribution is -2.25. The van der Waals surface area contributed by atoms with E-state index in [1.54, 1.807) is 0 Å². The first-order valence-electron chi connectivity index (χ1n) is 25.3. The quantitative estimate of drug-likeness (QED) is 0.155. The molecule has 12 aromatic carbocycles. The third-order valence-electron chi connectivity index (χ3n) is 15.8. The zero-order valence-electron chi connectivity index (χ0n) is 40.0. The molecule has 2 aliphatic rings. The summed E-state index contributed by atoms with van der Waals surface area (Å²) < 4.78 is 2.41. The molecule has 0 radical (unpaired) electrons. The van der Waals surface area contributed by atoms with Crippen molar-refractivity contribution >= 4 is 49.6 Å². The number of hydrogen-bond donors (Lipinski definition) is 0. The van der Waals surface area contributed by atoms with Crippen molar-refractivity contribution in [3.8, 4) is 61.3 Å². The van der Waals surface area contributed by atoms with E-state index in [9.17, 15) is 0 Å². The van der Waals surface area contributed by atoms with Crippen molar-refractivity contribution in [1.29, 1.82) is 0 Å². The second kappa shape index (κ2) is 16.3. The molecule has 0 saturated carbocycles. The maximum atomic E-state index is 2.41. The number of fused-ring (bicyclic) bond motifs is 14. The van der Waals surface area contributed by atoms with E-state index in [0.29, 0.717) is 0 Å².